The molecule has 2 rings (SSSR count). The van der Waals surface area contributed by atoms with E-state index in [-0.39, 0.29) is 6.04 Å². The highest BCUT2D eigenvalue weighted by Crippen LogP contribution is 2.26. The minimum atomic E-state index is 0.226. The van der Waals surface area contributed by atoms with Gasteiger partial charge in [-0.15, -0.1) is 0 Å². The molecule has 0 spiro atoms. The molecule has 0 radical (unpaired) electrons. The van der Waals surface area contributed by atoms with Gasteiger partial charge in [0.05, 0.1) is 0 Å². The first-order chi connectivity index (χ1) is 10.1. The zero-order valence-corrected chi connectivity index (χ0v) is 14.0. The van der Waals surface area contributed by atoms with Gasteiger partial charge in [0.25, 0.3) is 0 Å². The Morgan fingerprint density at radius 1 is 1.00 bits per heavy atom. The quantitative estimate of drug-likeness (QED) is 0.731. The Labute approximate surface area is 137 Å². The second-order valence-corrected chi connectivity index (χ2v) is 6.27. The van der Waals surface area contributed by atoms with Crippen molar-refractivity contribution >= 4 is 23.2 Å². The predicted molar refractivity (Wildman–Crippen MR) is 92.4 cm³/mol. The molecule has 112 valence electrons. The lowest BCUT2D eigenvalue weighted by Gasteiger charge is -2.20. The molecule has 3 heteroatoms. The van der Waals surface area contributed by atoms with E-state index in [2.05, 4.69) is 43.4 Å². The summed E-state index contributed by atoms with van der Waals surface area (Å²) >= 11 is 12.3. The minimum absolute atomic E-state index is 0.226. The van der Waals surface area contributed by atoms with Crippen LogP contribution in [-0.2, 0) is 6.42 Å². The summed E-state index contributed by atoms with van der Waals surface area (Å²) in [6.45, 7) is 5.24. The van der Waals surface area contributed by atoms with Gasteiger partial charge in [-0.1, -0.05) is 60.0 Å². The van der Waals surface area contributed by atoms with E-state index in [1.54, 1.807) is 6.07 Å². The van der Waals surface area contributed by atoms with Crippen molar-refractivity contribution in [1.29, 1.82) is 0 Å². The molecule has 0 amide bonds. The third-order valence-electron chi connectivity index (χ3n) is 3.49. The Hall–Kier alpha value is -1.02. The molecule has 21 heavy (non-hydrogen) atoms. The van der Waals surface area contributed by atoms with E-state index in [9.17, 15) is 0 Å². The van der Waals surface area contributed by atoms with Crippen LogP contribution in [0.5, 0.6) is 0 Å². The van der Waals surface area contributed by atoms with Crippen LogP contribution in [0.4, 0.5) is 0 Å². The molecule has 0 heterocycles. The molecule has 1 atom stereocenters. The van der Waals surface area contributed by atoms with Crippen LogP contribution in [0, 0.1) is 6.92 Å². The van der Waals surface area contributed by atoms with Crippen LogP contribution < -0.4 is 5.32 Å². The van der Waals surface area contributed by atoms with Crippen LogP contribution in [0.3, 0.4) is 0 Å². The SMILES string of the molecule is CCCNC(Cc1ccc(C)cc1)c1cc(Cl)cc(Cl)c1. The lowest BCUT2D eigenvalue weighted by molar-refractivity contribution is 0.529. The van der Waals surface area contributed by atoms with E-state index in [0.29, 0.717) is 10.0 Å². The van der Waals surface area contributed by atoms with Gasteiger partial charge in [-0.3, -0.25) is 0 Å². The number of rotatable bonds is 6. The molecule has 2 aromatic rings. The van der Waals surface area contributed by atoms with Gasteiger partial charge in [-0.05, 0) is 55.6 Å². The molecule has 1 N–H and O–H groups in total. The van der Waals surface area contributed by atoms with E-state index in [1.807, 2.05) is 12.1 Å². The summed E-state index contributed by atoms with van der Waals surface area (Å²) in [7, 11) is 0. The summed E-state index contributed by atoms with van der Waals surface area (Å²) in [6.07, 6.45) is 2.02. The zero-order chi connectivity index (χ0) is 15.2. The van der Waals surface area contributed by atoms with Crippen molar-refractivity contribution in [3.63, 3.8) is 0 Å². The van der Waals surface area contributed by atoms with Crippen molar-refractivity contribution in [2.24, 2.45) is 0 Å². The number of benzene rings is 2. The normalized spacial score (nSPS) is 12.4. The van der Waals surface area contributed by atoms with Crippen LogP contribution in [0.2, 0.25) is 10.0 Å². The van der Waals surface area contributed by atoms with Gasteiger partial charge in [-0.2, -0.15) is 0 Å². The zero-order valence-electron chi connectivity index (χ0n) is 12.5. The number of hydrogen-bond donors (Lipinski definition) is 1. The highest BCUT2D eigenvalue weighted by atomic mass is 35.5. The Morgan fingerprint density at radius 2 is 1.62 bits per heavy atom. The molecule has 0 saturated heterocycles. The molecule has 2 aromatic carbocycles. The first kappa shape index (κ1) is 16.4. The fraction of sp³-hybridized carbons (Fsp3) is 0.333. The van der Waals surface area contributed by atoms with Crippen LogP contribution >= 0.6 is 23.2 Å². The second kappa shape index (κ2) is 7.84. The maximum Gasteiger partial charge on any atom is 0.0424 e. The first-order valence-electron chi connectivity index (χ1n) is 7.33. The van der Waals surface area contributed by atoms with Gasteiger partial charge in [0, 0.05) is 16.1 Å². The van der Waals surface area contributed by atoms with E-state index in [1.165, 1.54) is 11.1 Å². The second-order valence-electron chi connectivity index (χ2n) is 5.40. The molecular weight excluding hydrogens is 301 g/mol. The highest BCUT2D eigenvalue weighted by Gasteiger charge is 2.13. The summed E-state index contributed by atoms with van der Waals surface area (Å²) in [4.78, 5) is 0. The summed E-state index contributed by atoms with van der Waals surface area (Å²) in [6, 6.07) is 14.7. The van der Waals surface area contributed by atoms with Crippen molar-refractivity contribution in [2.75, 3.05) is 6.54 Å². The third-order valence-corrected chi connectivity index (χ3v) is 3.92. The van der Waals surface area contributed by atoms with Gasteiger partial charge in [-0.25, -0.2) is 0 Å². The fourth-order valence-corrected chi connectivity index (χ4v) is 2.91. The largest absolute Gasteiger partial charge is 0.310 e. The van der Waals surface area contributed by atoms with Crippen LogP contribution in [0.1, 0.15) is 36.1 Å². The molecule has 0 saturated carbocycles. The molecule has 0 aliphatic rings. The Bertz CT molecular complexity index is 558. The minimum Gasteiger partial charge on any atom is -0.310 e. The number of hydrogen-bond acceptors (Lipinski definition) is 1. The average molecular weight is 322 g/mol. The fourth-order valence-electron chi connectivity index (χ4n) is 2.36. The monoisotopic (exact) mass is 321 g/mol. The van der Waals surface area contributed by atoms with Crippen LogP contribution in [0.25, 0.3) is 0 Å². The summed E-state index contributed by atoms with van der Waals surface area (Å²) in [5, 5.41) is 4.96. The Morgan fingerprint density at radius 3 is 2.19 bits per heavy atom. The summed E-state index contributed by atoms with van der Waals surface area (Å²) < 4.78 is 0. The Balaban J connectivity index is 2.22. The lowest BCUT2D eigenvalue weighted by atomic mass is 9.98. The van der Waals surface area contributed by atoms with Crippen LogP contribution in [-0.4, -0.2) is 6.54 Å². The molecule has 1 nitrogen and oxygen atoms in total. The molecule has 1 unspecified atom stereocenters. The molecule has 0 bridgehead atoms. The van der Waals surface area contributed by atoms with Crippen molar-refractivity contribution < 1.29 is 0 Å². The molecule has 0 aliphatic heterocycles. The van der Waals surface area contributed by atoms with Crippen LogP contribution in [0.15, 0.2) is 42.5 Å². The number of nitrogens with one attached hydrogen (secondary N) is 1. The third kappa shape index (κ3) is 5.03. The maximum absolute atomic E-state index is 6.14. The highest BCUT2D eigenvalue weighted by molar-refractivity contribution is 6.34. The van der Waals surface area contributed by atoms with Crippen molar-refractivity contribution in [3.05, 3.63) is 69.2 Å². The number of aryl methyl sites for hydroxylation is 1. The maximum atomic E-state index is 6.14. The Kier molecular flexibility index (Phi) is 6.10. The summed E-state index contributed by atoms with van der Waals surface area (Å²) in [5.41, 5.74) is 3.73. The smallest absolute Gasteiger partial charge is 0.0424 e. The van der Waals surface area contributed by atoms with Gasteiger partial charge in [0.2, 0.25) is 0 Å². The van der Waals surface area contributed by atoms with Gasteiger partial charge in [0.15, 0.2) is 0 Å². The van der Waals surface area contributed by atoms with Gasteiger partial charge < -0.3 is 5.32 Å². The number of halogens is 2. The van der Waals surface area contributed by atoms with Crippen molar-refractivity contribution in [3.8, 4) is 0 Å². The molecule has 0 aliphatic carbocycles. The molecular formula is C18H21Cl2N. The van der Waals surface area contributed by atoms with E-state index < -0.39 is 0 Å². The van der Waals surface area contributed by atoms with Crippen molar-refractivity contribution in [2.45, 2.75) is 32.7 Å². The molecule has 0 fully saturated rings. The standard InChI is InChI=1S/C18H21Cl2N/c1-3-8-21-18(9-14-6-4-13(2)5-7-14)15-10-16(19)12-17(20)11-15/h4-7,10-12,18,21H,3,8-9H2,1-2H3. The van der Waals surface area contributed by atoms with E-state index in [0.717, 1.165) is 24.9 Å². The van der Waals surface area contributed by atoms with Gasteiger partial charge in [0.1, 0.15) is 0 Å². The van der Waals surface area contributed by atoms with Gasteiger partial charge >= 0.3 is 0 Å². The van der Waals surface area contributed by atoms with E-state index >= 15 is 0 Å². The average Bonchev–Trinajstić information content (AvgIpc) is 2.44. The lowest BCUT2D eigenvalue weighted by Crippen LogP contribution is -2.24. The summed E-state index contributed by atoms with van der Waals surface area (Å²) in [5.74, 6) is 0. The topological polar surface area (TPSA) is 12.0 Å². The molecule has 0 aromatic heterocycles. The first-order valence-corrected chi connectivity index (χ1v) is 8.09. The van der Waals surface area contributed by atoms with E-state index in [4.69, 9.17) is 23.2 Å². The predicted octanol–water partition coefficient (Wildman–Crippen LogP) is 5.59. The van der Waals surface area contributed by atoms with Crippen molar-refractivity contribution in [1.82, 2.24) is 5.32 Å².